The summed E-state index contributed by atoms with van der Waals surface area (Å²) in [6.45, 7) is 5.17. The zero-order valence-electron chi connectivity index (χ0n) is 10.6. The maximum Gasteiger partial charge on any atom is 0.316 e. The average Bonchev–Trinajstić information content (AvgIpc) is 2.78. The molecule has 1 N–H and O–H groups in total. The van der Waals surface area contributed by atoms with E-state index >= 15 is 0 Å². The number of carboxylic acids is 1. The second kappa shape index (κ2) is 4.29. The van der Waals surface area contributed by atoms with Crippen molar-refractivity contribution < 1.29 is 14.3 Å². The maximum atomic E-state index is 11.1. The van der Waals surface area contributed by atoms with Crippen LogP contribution in [0.2, 0.25) is 0 Å². The number of rotatable bonds is 3. The first kappa shape index (κ1) is 12.4. The third kappa shape index (κ3) is 2.14. The molecule has 4 heteroatoms. The summed E-state index contributed by atoms with van der Waals surface area (Å²) >= 11 is 0. The molecule has 0 bridgehead atoms. The number of nitrogens with zero attached hydrogens (tertiary/aromatic N) is 1. The van der Waals surface area contributed by atoms with E-state index in [0.29, 0.717) is 11.7 Å². The van der Waals surface area contributed by atoms with Gasteiger partial charge >= 0.3 is 5.97 Å². The van der Waals surface area contributed by atoms with E-state index in [-0.39, 0.29) is 0 Å². The molecule has 0 atom stereocenters. The van der Waals surface area contributed by atoms with Crippen molar-refractivity contribution in [1.82, 2.24) is 4.98 Å². The summed E-state index contributed by atoms with van der Waals surface area (Å²) in [5.74, 6) is -0.135. The molecule has 0 aliphatic heterocycles. The molecule has 4 nitrogen and oxygen atoms in total. The lowest BCUT2D eigenvalue weighted by atomic mass is 9.91. The van der Waals surface area contributed by atoms with Gasteiger partial charge in [0.15, 0.2) is 0 Å². The third-order valence-corrected chi connectivity index (χ3v) is 2.92. The highest BCUT2D eigenvalue weighted by Gasteiger charge is 2.33. The van der Waals surface area contributed by atoms with Crippen LogP contribution in [0.5, 0.6) is 0 Å². The van der Waals surface area contributed by atoms with E-state index in [9.17, 15) is 4.79 Å². The van der Waals surface area contributed by atoms with E-state index < -0.39 is 11.4 Å². The van der Waals surface area contributed by atoms with Crippen LogP contribution in [0.15, 0.2) is 34.9 Å². The second-order valence-corrected chi connectivity index (χ2v) is 4.83. The smallest absolute Gasteiger partial charge is 0.316 e. The van der Waals surface area contributed by atoms with Gasteiger partial charge < -0.3 is 9.52 Å². The molecule has 0 aliphatic carbocycles. The van der Waals surface area contributed by atoms with E-state index in [1.165, 1.54) is 6.20 Å². The van der Waals surface area contributed by atoms with Crippen molar-refractivity contribution in [1.29, 1.82) is 0 Å². The molecule has 0 spiro atoms. The normalized spacial score (nSPS) is 11.5. The maximum absolute atomic E-state index is 11.1. The minimum Gasteiger partial charge on any atom is -0.481 e. The van der Waals surface area contributed by atoms with Crippen LogP contribution in [-0.2, 0) is 10.2 Å². The Bertz CT molecular complexity index is 584. The van der Waals surface area contributed by atoms with Gasteiger partial charge in [0, 0.05) is 5.56 Å². The SMILES string of the molecule is Cc1cccc(-c2ncc(C(C)(C)C(=O)O)o2)c1. The van der Waals surface area contributed by atoms with Crippen molar-refractivity contribution in [2.24, 2.45) is 0 Å². The van der Waals surface area contributed by atoms with Gasteiger partial charge in [0.25, 0.3) is 0 Å². The molecule has 0 saturated heterocycles. The molecule has 0 amide bonds. The van der Waals surface area contributed by atoms with Crippen molar-refractivity contribution in [3.8, 4) is 11.5 Å². The Hall–Kier alpha value is -2.10. The first-order valence-corrected chi connectivity index (χ1v) is 5.68. The number of benzene rings is 1. The van der Waals surface area contributed by atoms with E-state index in [0.717, 1.165) is 11.1 Å². The van der Waals surface area contributed by atoms with Crippen LogP contribution < -0.4 is 0 Å². The highest BCUT2D eigenvalue weighted by Crippen LogP contribution is 2.28. The van der Waals surface area contributed by atoms with Gasteiger partial charge in [0.2, 0.25) is 5.89 Å². The number of hydrogen-bond acceptors (Lipinski definition) is 3. The predicted molar refractivity (Wildman–Crippen MR) is 67.3 cm³/mol. The topological polar surface area (TPSA) is 63.3 Å². The fourth-order valence-electron chi connectivity index (χ4n) is 1.58. The van der Waals surface area contributed by atoms with E-state index in [4.69, 9.17) is 9.52 Å². The van der Waals surface area contributed by atoms with Gasteiger partial charge in [0.05, 0.1) is 6.20 Å². The molecule has 0 saturated carbocycles. The lowest BCUT2D eigenvalue weighted by molar-refractivity contribution is -0.143. The summed E-state index contributed by atoms with van der Waals surface area (Å²) in [6, 6.07) is 7.73. The summed E-state index contributed by atoms with van der Waals surface area (Å²) in [5, 5.41) is 9.13. The molecule has 0 aliphatic rings. The molecular weight excluding hydrogens is 230 g/mol. The number of aromatic nitrogens is 1. The Balaban J connectivity index is 2.40. The predicted octanol–water partition coefficient (Wildman–Crippen LogP) is 3.01. The number of aliphatic carboxylic acids is 1. The van der Waals surface area contributed by atoms with Gasteiger partial charge in [-0.15, -0.1) is 0 Å². The molecular formula is C14H15NO3. The van der Waals surface area contributed by atoms with Crippen LogP contribution in [0, 0.1) is 6.92 Å². The fraction of sp³-hybridized carbons (Fsp3) is 0.286. The number of aryl methyl sites for hydroxylation is 1. The molecule has 1 heterocycles. The highest BCUT2D eigenvalue weighted by molar-refractivity contribution is 5.79. The minimum atomic E-state index is -1.07. The van der Waals surface area contributed by atoms with Crippen molar-refractivity contribution in [2.75, 3.05) is 0 Å². The Morgan fingerprint density at radius 2 is 2.11 bits per heavy atom. The van der Waals surface area contributed by atoms with Gasteiger partial charge in [-0.3, -0.25) is 4.79 Å². The lowest BCUT2D eigenvalue weighted by Gasteiger charge is -2.14. The highest BCUT2D eigenvalue weighted by atomic mass is 16.4. The zero-order chi connectivity index (χ0) is 13.3. The number of carboxylic acid groups (broad SMARTS) is 1. The van der Waals surface area contributed by atoms with E-state index in [1.807, 2.05) is 31.2 Å². The average molecular weight is 245 g/mol. The van der Waals surface area contributed by atoms with Crippen LogP contribution in [0.25, 0.3) is 11.5 Å². The van der Waals surface area contributed by atoms with Crippen molar-refractivity contribution in [3.05, 3.63) is 41.8 Å². The third-order valence-electron chi connectivity index (χ3n) is 2.92. The molecule has 1 aromatic heterocycles. The fourth-order valence-corrected chi connectivity index (χ4v) is 1.58. The Morgan fingerprint density at radius 3 is 2.72 bits per heavy atom. The summed E-state index contributed by atoms with van der Waals surface area (Å²) in [6.07, 6.45) is 1.48. The zero-order valence-corrected chi connectivity index (χ0v) is 10.6. The summed E-state index contributed by atoms with van der Waals surface area (Å²) < 4.78 is 5.56. The Kier molecular flexibility index (Phi) is 2.95. The molecule has 0 unspecified atom stereocenters. The summed E-state index contributed by atoms with van der Waals surface area (Å²) in [4.78, 5) is 15.3. The van der Waals surface area contributed by atoms with Crippen molar-refractivity contribution in [2.45, 2.75) is 26.2 Å². The van der Waals surface area contributed by atoms with Crippen LogP contribution >= 0.6 is 0 Å². The molecule has 94 valence electrons. The standard InChI is InChI=1S/C14H15NO3/c1-9-5-4-6-10(7-9)12-15-8-11(18-12)14(2,3)13(16)17/h4-8H,1-3H3,(H,16,17). The van der Waals surface area contributed by atoms with Gasteiger partial charge in [0.1, 0.15) is 11.2 Å². The molecule has 18 heavy (non-hydrogen) atoms. The van der Waals surface area contributed by atoms with Gasteiger partial charge in [-0.25, -0.2) is 4.98 Å². The summed E-state index contributed by atoms with van der Waals surface area (Å²) in [7, 11) is 0. The van der Waals surface area contributed by atoms with Crippen molar-refractivity contribution >= 4 is 5.97 Å². The lowest BCUT2D eigenvalue weighted by Crippen LogP contribution is -2.27. The molecule has 2 aromatic rings. The van der Waals surface area contributed by atoms with Gasteiger partial charge in [-0.05, 0) is 32.9 Å². The monoisotopic (exact) mass is 245 g/mol. The van der Waals surface area contributed by atoms with Gasteiger partial charge in [-0.1, -0.05) is 17.7 Å². The second-order valence-electron chi connectivity index (χ2n) is 4.83. The molecule has 2 rings (SSSR count). The van der Waals surface area contributed by atoms with Crippen LogP contribution in [0.1, 0.15) is 25.2 Å². The van der Waals surface area contributed by atoms with E-state index in [2.05, 4.69) is 4.98 Å². The molecule has 1 aromatic carbocycles. The van der Waals surface area contributed by atoms with Gasteiger partial charge in [-0.2, -0.15) is 0 Å². The van der Waals surface area contributed by atoms with Crippen LogP contribution in [-0.4, -0.2) is 16.1 Å². The number of carbonyl (C=O) groups is 1. The number of oxazole rings is 1. The molecule has 0 radical (unpaired) electrons. The first-order valence-electron chi connectivity index (χ1n) is 5.68. The summed E-state index contributed by atoms with van der Waals surface area (Å²) in [5.41, 5.74) is 0.877. The Morgan fingerprint density at radius 1 is 1.39 bits per heavy atom. The van der Waals surface area contributed by atoms with Crippen LogP contribution in [0.4, 0.5) is 0 Å². The first-order chi connectivity index (χ1) is 8.41. The van der Waals surface area contributed by atoms with E-state index in [1.54, 1.807) is 13.8 Å². The quantitative estimate of drug-likeness (QED) is 0.902. The molecule has 0 fully saturated rings. The minimum absolute atomic E-state index is 0.353. The number of hydrogen-bond donors (Lipinski definition) is 1. The largest absolute Gasteiger partial charge is 0.481 e. The van der Waals surface area contributed by atoms with Crippen molar-refractivity contribution in [3.63, 3.8) is 0 Å². The Labute approximate surface area is 105 Å². The van der Waals surface area contributed by atoms with Crippen LogP contribution in [0.3, 0.4) is 0 Å².